The van der Waals surface area contributed by atoms with Gasteiger partial charge in [-0.2, -0.15) is 5.10 Å². The molecule has 7 heteroatoms. The number of nitrogens with one attached hydrogen (secondary N) is 1. The van der Waals surface area contributed by atoms with E-state index in [0.29, 0.717) is 14.9 Å². The van der Waals surface area contributed by atoms with Crippen LogP contribution in [0.5, 0.6) is 0 Å². The predicted molar refractivity (Wildman–Crippen MR) is 77.7 cm³/mol. The Labute approximate surface area is 118 Å². The molecule has 2 aromatic heterocycles. The highest BCUT2D eigenvalue weighted by atomic mass is 32.2. The Morgan fingerprint density at radius 3 is 3.00 bits per heavy atom. The molecule has 0 spiro atoms. The first-order chi connectivity index (χ1) is 9.22. The van der Waals surface area contributed by atoms with E-state index in [-0.39, 0.29) is 5.91 Å². The SMILES string of the molecule is O=C1NC(=S)S/C1=C\c1ccn(-c2cccnc2)n1. The van der Waals surface area contributed by atoms with Gasteiger partial charge in [-0.15, -0.1) is 0 Å². The van der Waals surface area contributed by atoms with Gasteiger partial charge in [0.1, 0.15) is 4.32 Å². The number of aromatic nitrogens is 3. The minimum atomic E-state index is -0.175. The van der Waals surface area contributed by atoms with Crippen molar-refractivity contribution in [1.82, 2.24) is 20.1 Å². The second-order valence-corrected chi connectivity index (χ2v) is 5.47. The summed E-state index contributed by atoms with van der Waals surface area (Å²) in [6.07, 6.45) is 6.96. The van der Waals surface area contributed by atoms with E-state index in [2.05, 4.69) is 15.4 Å². The smallest absolute Gasteiger partial charge is 0.263 e. The fourth-order valence-electron chi connectivity index (χ4n) is 1.60. The van der Waals surface area contributed by atoms with Crippen molar-refractivity contribution < 1.29 is 4.79 Å². The van der Waals surface area contributed by atoms with E-state index in [0.717, 1.165) is 5.69 Å². The molecule has 19 heavy (non-hydrogen) atoms. The van der Waals surface area contributed by atoms with Crippen LogP contribution in [0.15, 0.2) is 41.7 Å². The Hall–Kier alpha value is -1.99. The molecule has 0 saturated carbocycles. The van der Waals surface area contributed by atoms with Gasteiger partial charge in [0.2, 0.25) is 0 Å². The summed E-state index contributed by atoms with van der Waals surface area (Å²) < 4.78 is 2.18. The van der Waals surface area contributed by atoms with Gasteiger partial charge in [-0.05, 0) is 24.3 Å². The van der Waals surface area contributed by atoms with Crippen LogP contribution in [0.3, 0.4) is 0 Å². The monoisotopic (exact) mass is 288 g/mol. The Morgan fingerprint density at radius 2 is 2.32 bits per heavy atom. The molecule has 0 aliphatic carbocycles. The predicted octanol–water partition coefficient (Wildman–Crippen LogP) is 1.76. The van der Waals surface area contributed by atoms with Crippen molar-refractivity contribution in [1.29, 1.82) is 0 Å². The average Bonchev–Trinajstić information content (AvgIpc) is 2.99. The summed E-state index contributed by atoms with van der Waals surface area (Å²) in [7, 11) is 0. The summed E-state index contributed by atoms with van der Waals surface area (Å²) in [6, 6.07) is 5.58. The van der Waals surface area contributed by atoms with Gasteiger partial charge in [-0.25, -0.2) is 4.68 Å². The Bertz CT molecular complexity index is 678. The van der Waals surface area contributed by atoms with Crippen molar-refractivity contribution in [2.45, 2.75) is 0 Å². The van der Waals surface area contributed by atoms with Crippen LogP contribution < -0.4 is 5.32 Å². The fraction of sp³-hybridized carbons (Fsp3) is 0. The van der Waals surface area contributed by atoms with Crippen LogP contribution in [0.2, 0.25) is 0 Å². The van der Waals surface area contributed by atoms with E-state index in [1.165, 1.54) is 11.8 Å². The summed E-state index contributed by atoms with van der Waals surface area (Å²) in [5.41, 5.74) is 1.57. The zero-order valence-corrected chi connectivity index (χ0v) is 11.2. The third kappa shape index (κ3) is 2.56. The van der Waals surface area contributed by atoms with Crippen LogP contribution in [0.25, 0.3) is 11.8 Å². The molecule has 3 heterocycles. The first-order valence-electron chi connectivity index (χ1n) is 5.43. The normalized spacial score (nSPS) is 16.9. The molecule has 0 bridgehead atoms. The molecule has 3 rings (SSSR count). The number of hydrogen-bond donors (Lipinski definition) is 1. The summed E-state index contributed by atoms with van der Waals surface area (Å²) in [5.74, 6) is -0.175. The van der Waals surface area contributed by atoms with Crippen molar-refractivity contribution in [3.05, 3.63) is 47.4 Å². The first-order valence-corrected chi connectivity index (χ1v) is 6.66. The molecule has 0 unspecified atom stereocenters. The summed E-state index contributed by atoms with van der Waals surface area (Å²) in [4.78, 5) is 16.1. The number of carbonyl (C=O) groups is 1. The fourth-order valence-corrected chi connectivity index (χ4v) is 2.63. The molecule has 1 aliphatic heterocycles. The van der Waals surface area contributed by atoms with E-state index in [9.17, 15) is 4.79 Å². The summed E-state index contributed by atoms with van der Waals surface area (Å²) >= 11 is 6.17. The number of hydrogen-bond acceptors (Lipinski definition) is 5. The maximum atomic E-state index is 11.5. The zero-order chi connectivity index (χ0) is 13.2. The van der Waals surface area contributed by atoms with Gasteiger partial charge in [0.15, 0.2) is 0 Å². The summed E-state index contributed by atoms with van der Waals surface area (Å²) in [6.45, 7) is 0. The van der Waals surface area contributed by atoms with Gasteiger partial charge in [-0.1, -0.05) is 24.0 Å². The minimum Gasteiger partial charge on any atom is -0.307 e. The third-order valence-corrected chi connectivity index (χ3v) is 3.60. The van der Waals surface area contributed by atoms with Crippen LogP contribution in [-0.4, -0.2) is 25.0 Å². The van der Waals surface area contributed by atoms with Crippen LogP contribution in [0.1, 0.15) is 5.69 Å². The average molecular weight is 288 g/mol. The Balaban J connectivity index is 1.89. The minimum absolute atomic E-state index is 0.175. The van der Waals surface area contributed by atoms with E-state index in [1.807, 2.05) is 24.4 Å². The quantitative estimate of drug-likeness (QED) is 0.674. The molecule has 0 aromatic carbocycles. The van der Waals surface area contributed by atoms with Crippen molar-refractivity contribution >= 4 is 40.3 Å². The number of amides is 1. The molecule has 0 atom stereocenters. The zero-order valence-electron chi connectivity index (χ0n) is 9.61. The van der Waals surface area contributed by atoms with Gasteiger partial charge in [-0.3, -0.25) is 9.78 Å². The number of nitrogens with zero attached hydrogens (tertiary/aromatic N) is 3. The van der Waals surface area contributed by atoms with Gasteiger partial charge in [0, 0.05) is 12.4 Å². The van der Waals surface area contributed by atoms with Crippen LogP contribution in [0.4, 0.5) is 0 Å². The van der Waals surface area contributed by atoms with Crippen molar-refractivity contribution in [2.24, 2.45) is 0 Å². The lowest BCUT2D eigenvalue weighted by molar-refractivity contribution is -0.115. The highest BCUT2D eigenvalue weighted by molar-refractivity contribution is 8.26. The largest absolute Gasteiger partial charge is 0.307 e. The molecule has 1 fully saturated rings. The Kier molecular flexibility index (Phi) is 3.14. The van der Waals surface area contributed by atoms with Gasteiger partial charge in [0.25, 0.3) is 5.91 Å². The topological polar surface area (TPSA) is 59.8 Å². The lowest BCUT2D eigenvalue weighted by Crippen LogP contribution is -2.17. The molecule has 0 radical (unpaired) electrons. The number of carbonyl (C=O) groups excluding carboxylic acids is 1. The number of pyridine rings is 1. The van der Waals surface area contributed by atoms with Gasteiger partial charge in [0.05, 0.1) is 22.5 Å². The van der Waals surface area contributed by atoms with E-state index in [1.54, 1.807) is 23.2 Å². The van der Waals surface area contributed by atoms with E-state index in [4.69, 9.17) is 12.2 Å². The molecule has 5 nitrogen and oxygen atoms in total. The highest BCUT2D eigenvalue weighted by Gasteiger charge is 2.22. The van der Waals surface area contributed by atoms with E-state index >= 15 is 0 Å². The van der Waals surface area contributed by atoms with Gasteiger partial charge < -0.3 is 5.32 Å². The van der Waals surface area contributed by atoms with Crippen LogP contribution in [0, 0.1) is 0 Å². The molecular formula is C12H8N4OS2. The molecular weight excluding hydrogens is 280 g/mol. The summed E-state index contributed by atoms with van der Waals surface area (Å²) in [5, 5.41) is 6.94. The first kappa shape index (κ1) is 12.1. The molecule has 1 N–H and O–H groups in total. The van der Waals surface area contributed by atoms with Crippen LogP contribution >= 0.6 is 24.0 Å². The molecule has 2 aromatic rings. The van der Waals surface area contributed by atoms with Crippen molar-refractivity contribution in [3.63, 3.8) is 0 Å². The van der Waals surface area contributed by atoms with Crippen molar-refractivity contribution in [3.8, 4) is 5.69 Å². The lowest BCUT2D eigenvalue weighted by atomic mass is 10.3. The second-order valence-electron chi connectivity index (χ2n) is 3.75. The Morgan fingerprint density at radius 1 is 1.42 bits per heavy atom. The molecule has 1 aliphatic rings. The maximum Gasteiger partial charge on any atom is 0.263 e. The molecule has 1 saturated heterocycles. The molecule has 94 valence electrons. The maximum absolute atomic E-state index is 11.5. The standard InChI is InChI=1S/C12H8N4OS2/c17-11-10(19-12(18)14-11)6-8-3-5-16(15-8)9-2-1-4-13-7-9/h1-7H,(H,14,17,18)/b10-6-. The third-order valence-electron chi connectivity index (χ3n) is 2.44. The lowest BCUT2D eigenvalue weighted by Gasteiger charge is -1.98. The van der Waals surface area contributed by atoms with Crippen LogP contribution in [-0.2, 0) is 4.79 Å². The number of thioether (sulfide) groups is 1. The number of rotatable bonds is 2. The van der Waals surface area contributed by atoms with Gasteiger partial charge >= 0.3 is 0 Å². The van der Waals surface area contributed by atoms with Crippen molar-refractivity contribution in [2.75, 3.05) is 0 Å². The highest BCUT2D eigenvalue weighted by Crippen LogP contribution is 2.25. The number of thiocarbonyl (C=S) groups is 1. The second kappa shape index (κ2) is 4.94. The van der Waals surface area contributed by atoms with E-state index < -0.39 is 0 Å². The molecule has 1 amide bonds.